The first-order valence-electron chi connectivity index (χ1n) is 5.03. The minimum Gasteiger partial charge on any atom is -0.326 e. The van der Waals surface area contributed by atoms with Gasteiger partial charge >= 0.3 is 0 Å². The van der Waals surface area contributed by atoms with E-state index in [1.54, 1.807) is 6.20 Å². The van der Waals surface area contributed by atoms with Crippen LogP contribution in [0, 0.1) is 13.8 Å². The van der Waals surface area contributed by atoms with Crippen molar-refractivity contribution < 1.29 is 0 Å². The van der Waals surface area contributed by atoms with Crippen molar-refractivity contribution in [3.8, 4) is 11.3 Å². The maximum atomic E-state index is 5.66. The second-order valence-electron chi connectivity index (χ2n) is 3.72. The molecule has 0 bridgehead atoms. The highest BCUT2D eigenvalue weighted by molar-refractivity contribution is 5.67. The van der Waals surface area contributed by atoms with Gasteiger partial charge in [-0.2, -0.15) is 5.10 Å². The highest BCUT2D eigenvalue weighted by Crippen LogP contribution is 2.26. The van der Waals surface area contributed by atoms with Gasteiger partial charge in [0.2, 0.25) is 0 Å². The second kappa shape index (κ2) is 3.87. The fraction of sp³-hybridized carbons (Fsp3) is 0.250. The molecule has 0 atom stereocenters. The van der Waals surface area contributed by atoms with Crippen molar-refractivity contribution in [1.29, 1.82) is 0 Å². The van der Waals surface area contributed by atoms with Crippen LogP contribution in [0.1, 0.15) is 16.7 Å². The minimum absolute atomic E-state index is 0.513. The summed E-state index contributed by atoms with van der Waals surface area (Å²) in [7, 11) is 0. The van der Waals surface area contributed by atoms with Crippen molar-refractivity contribution in [3.05, 3.63) is 41.1 Å². The molecule has 15 heavy (non-hydrogen) atoms. The van der Waals surface area contributed by atoms with Crippen LogP contribution in [0.2, 0.25) is 0 Å². The summed E-state index contributed by atoms with van der Waals surface area (Å²) in [5, 5.41) is 7.05. The van der Waals surface area contributed by atoms with Crippen LogP contribution in [0.25, 0.3) is 11.3 Å². The smallest absolute Gasteiger partial charge is 0.0697 e. The number of nitrogens with one attached hydrogen (secondary N) is 1. The molecule has 0 aliphatic carbocycles. The molecule has 0 aliphatic rings. The number of nitrogens with zero attached hydrogens (tertiary/aromatic N) is 1. The lowest BCUT2D eigenvalue weighted by Gasteiger charge is -2.07. The Bertz CT molecular complexity index is 471. The van der Waals surface area contributed by atoms with Crippen molar-refractivity contribution in [1.82, 2.24) is 10.2 Å². The van der Waals surface area contributed by atoms with Crippen molar-refractivity contribution in [2.45, 2.75) is 20.4 Å². The van der Waals surface area contributed by atoms with Crippen LogP contribution in [0.5, 0.6) is 0 Å². The van der Waals surface area contributed by atoms with Gasteiger partial charge in [-0.3, -0.25) is 5.10 Å². The van der Waals surface area contributed by atoms with Gasteiger partial charge in [0.05, 0.1) is 11.9 Å². The Labute approximate surface area is 89.3 Å². The van der Waals surface area contributed by atoms with E-state index in [0.717, 1.165) is 11.3 Å². The molecule has 2 aromatic rings. The predicted octanol–water partition coefficient (Wildman–Crippen LogP) is 2.15. The molecule has 0 fully saturated rings. The zero-order chi connectivity index (χ0) is 10.8. The fourth-order valence-corrected chi connectivity index (χ4v) is 1.72. The average Bonchev–Trinajstić information content (AvgIpc) is 2.70. The Hall–Kier alpha value is -1.61. The SMILES string of the molecule is Cc1cccc(-c2[nH]ncc2CN)c1C. The van der Waals surface area contributed by atoms with Gasteiger partial charge in [-0.05, 0) is 25.0 Å². The lowest BCUT2D eigenvalue weighted by Crippen LogP contribution is -1.98. The summed E-state index contributed by atoms with van der Waals surface area (Å²) >= 11 is 0. The lowest BCUT2D eigenvalue weighted by atomic mass is 9.99. The van der Waals surface area contributed by atoms with Gasteiger partial charge in [-0.1, -0.05) is 18.2 Å². The number of benzene rings is 1. The number of aromatic amines is 1. The van der Waals surface area contributed by atoms with E-state index < -0.39 is 0 Å². The van der Waals surface area contributed by atoms with Gasteiger partial charge in [-0.15, -0.1) is 0 Å². The average molecular weight is 201 g/mol. The van der Waals surface area contributed by atoms with Crippen LogP contribution in [0.15, 0.2) is 24.4 Å². The van der Waals surface area contributed by atoms with E-state index in [4.69, 9.17) is 5.73 Å². The minimum atomic E-state index is 0.513. The van der Waals surface area contributed by atoms with Gasteiger partial charge in [0, 0.05) is 17.7 Å². The molecule has 0 aliphatic heterocycles. The summed E-state index contributed by atoms with van der Waals surface area (Å²) in [6, 6.07) is 6.26. The maximum absolute atomic E-state index is 5.66. The van der Waals surface area contributed by atoms with Crippen LogP contribution >= 0.6 is 0 Å². The number of hydrogen-bond acceptors (Lipinski definition) is 2. The van der Waals surface area contributed by atoms with E-state index >= 15 is 0 Å². The fourth-order valence-electron chi connectivity index (χ4n) is 1.72. The zero-order valence-corrected chi connectivity index (χ0v) is 9.04. The monoisotopic (exact) mass is 201 g/mol. The van der Waals surface area contributed by atoms with E-state index in [1.165, 1.54) is 16.7 Å². The number of rotatable bonds is 2. The van der Waals surface area contributed by atoms with Crippen molar-refractivity contribution >= 4 is 0 Å². The third-order valence-electron chi connectivity index (χ3n) is 2.81. The van der Waals surface area contributed by atoms with Crippen molar-refractivity contribution in [2.75, 3.05) is 0 Å². The summed E-state index contributed by atoms with van der Waals surface area (Å²) in [5.41, 5.74) is 11.5. The zero-order valence-electron chi connectivity index (χ0n) is 9.04. The van der Waals surface area contributed by atoms with Gasteiger partial charge in [0.25, 0.3) is 0 Å². The van der Waals surface area contributed by atoms with E-state index in [1.807, 2.05) is 0 Å². The molecular weight excluding hydrogens is 186 g/mol. The molecular formula is C12H15N3. The number of nitrogens with two attached hydrogens (primary N) is 1. The Morgan fingerprint density at radius 3 is 2.87 bits per heavy atom. The van der Waals surface area contributed by atoms with Crippen LogP contribution in [0.4, 0.5) is 0 Å². The molecule has 2 rings (SSSR count). The van der Waals surface area contributed by atoms with E-state index in [9.17, 15) is 0 Å². The normalized spacial score (nSPS) is 10.6. The van der Waals surface area contributed by atoms with Crippen LogP contribution in [-0.2, 0) is 6.54 Å². The third kappa shape index (κ3) is 1.66. The summed E-state index contributed by atoms with van der Waals surface area (Å²) in [4.78, 5) is 0. The van der Waals surface area contributed by atoms with Crippen molar-refractivity contribution in [3.63, 3.8) is 0 Å². The molecule has 1 heterocycles. The van der Waals surface area contributed by atoms with E-state index in [2.05, 4.69) is 42.2 Å². The topological polar surface area (TPSA) is 54.7 Å². The summed E-state index contributed by atoms with van der Waals surface area (Å²) in [6.45, 7) is 4.74. The first-order chi connectivity index (χ1) is 7.24. The summed E-state index contributed by atoms with van der Waals surface area (Å²) in [5.74, 6) is 0. The third-order valence-corrected chi connectivity index (χ3v) is 2.81. The molecule has 3 nitrogen and oxygen atoms in total. The first kappa shape index (κ1) is 9.93. The molecule has 3 heteroatoms. The molecule has 0 saturated heterocycles. The molecule has 0 amide bonds. The second-order valence-corrected chi connectivity index (χ2v) is 3.72. The Morgan fingerprint density at radius 2 is 2.13 bits per heavy atom. The Kier molecular flexibility index (Phi) is 2.56. The molecule has 78 valence electrons. The number of H-pyrrole nitrogens is 1. The van der Waals surface area contributed by atoms with Crippen molar-refractivity contribution in [2.24, 2.45) is 5.73 Å². The largest absolute Gasteiger partial charge is 0.326 e. The van der Waals surface area contributed by atoms with E-state index in [-0.39, 0.29) is 0 Å². The molecule has 0 spiro atoms. The van der Waals surface area contributed by atoms with Gasteiger partial charge in [0.15, 0.2) is 0 Å². The van der Waals surface area contributed by atoms with Crippen LogP contribution in [-0.4, -0.2) is 10.2 Å². The lowest BCUT2D eigenvalue weighted by molar-refractivity contribution is 1.07. The molecule has 3 N–H and O–H groups in total. The van der Waals surface area contributed by atoms with Crippen LogP contribution < -0.4 is 5.73 Å². The standard InChI is InChI=1S/C12H15N3/c1-8-4-3-5-11(9(8)2)12-10(6-13)7-14-15-12/h3-5,7H,6,13H2,1-2H3,(H,14,15). The number of aryl methyl sites for hydroxylation is 1. The van der Waals surface area contributed by atoms with Crippen LogP contribution in [0.3, 0.4) is 0 Å². The highest BCUT2D eigenvalue weighted by Gasteiger charge is 2.09. The molecule has 0 unspecified atom stereocenters. The maximum Gasteiger partial charge on any atom is 0.0697 e. The highest BCUT2D eigenvalue weighted by atomic mass is 15.1. The number of aromatic nitrogens is 2. The van der Waals surface area contributed by atoms with Gasteiger partial charge in [-0.25, -0.2) is 0 Å². The molecule has 0 radical (unpaired) electrons. The Balaban J connectivity index is 2.59. The quantitative estimate of drug-likeness (QED) is 0.782. The predicted molar refractivity (Wildman–Crippen MR) is 61.4 cm³/mol. The molecule has 1 aromatic heterocycles. The summed E-state index contributed by atoms with van der Waals surface area (Å²) in [6.07, 6.45) is 1.79. The van der Waals surface area contributed by atoms with Gasteiger partial charge < -0.3 is 5.73 Å². The molecule has 1 aromatic carbocycles. The summed E-state index contributed by atoms with van der Waals surface area (Å²) < 4.78 is 0. The first-order valence-corrected chi connectivity index (χ1v) is 5.03. The Morgan fingerprint density at radius 1 is 1.33 bits per heavy atom. The van der Waals surface area contributed by atoms with Gasteiger partial charge in [0.1, 0.15) is 0 Å². The molecule has 0 saturated carbocycles. The number of hydrogen-bond donors (Lipinski definition) is 2. The van der Waals surface area contributed by atoms with E-state index in [0.29, 0.717) is 6.54 Å².